The van der Waals surface area contributed by atoms with E-state index >= 15 is 0 Å². The predicted octanol–water partition coefficient (Wildman–Crippen LogP) is -0.361. The number of rotatable bonds is 6. The number of nitro groups is 1. The lowest BCUT2D eigenvalue weighted by molar-refractivity contribution is -0.384. The lowest BCUT2D eigenvalue weighted by Gasteiger charge is -2.28. The number of benzene rings is 1. The van der Waals surface area contributed by atoms with Crippen LogP contribution in [0.4, 0.5) is 5.69 Å². The van der Waals surface area contributed by atoms with Crippen LogP contribution >= 0.6 is 0 Å². The highest BCUT2D eigenvalue weighted by Gasteiger charge is 2.40. The number of nitro benzene ring substituents is 1. The van der Waals surface area contributed by atoms with Crippen LogP contribution in [-0.4, -0.2) is 64.6 Å². The van der Waals surface area contributed by atoms with E-state index in [0.717, 1.165) is 0 Å². The van der Waals surface area contributed by atoms with E-state index in [0.29, 0.717) is 5.56 Å². The molecule has 10 heteroatoms. The molecule has 2 N–H and O–H groups in total. The highest BCUT2D eigenvalue weighted by Crippen LogP contribution is 2.21. The molecule has 2 atom stereocenters. The van der Waals surface area contributed by atoms with E-state index in [4.69, 9.17) is 5.11 Å². The van der Waals surface area contributed by atoms with Crippen LogP contribution in [0.25, 0.3) is 0 Å². The molecule has 0 aromatic heterocycles. The normalized spacial score (nSPS) is 23.0. The fraction of sp³-hybridized carbons (Fsp3) is 0.462. The lowest BCUT2D eigenvalue weighted by atomic mass is 10.1. The Kier molecular flexibility index (Phi) is 4.97. The SMILES string of the molecule is O=C(O)CN(Cc1ccc([N+](=O)[O-])cc1)[C@@H]1CS(=O)(=O)C[C@H]1O. The number of nitrogens with zero attached hydrogens (tertiary/aromatic N) is 2. The molecular weight excluding hydrogens is 328 g/mol. The molecule has 1 aliphatic heterocycles. The zero-order valence-corrected chi connectivity index (χ0v) is 12.8. The van der Waals surface area contributed by atoms with E-state index in [9.17, 15) is 28.4 Å². The van der Waals surface area contributed by atoms with E-state index < -0.39 is 45.2 Å². The summed E-state index contributed by atoms with van der Waals surface area (Å²) in [6.07, 6.45) is -1.16. The number of aliphatic hydroxyl groups excluding tert-OH is 1. The first-order chi connectivity index (χ1) is 10.7. The fourth-order valence-corrected chi connectivity index (χ4v) is 4.41. The quantitative estimate of drug-likeness (QED) is 0.527. The van der Waals surface area contributed by atoms with Gasteiger partial charge in [0.25, 0.3) is 5.69 Å². The lowest BCUT2D eigenvalue weighted by Crippen LogP contribution is -2.45. The molecule has 1 aliphatic rings. The summed E-state index contributed by atoms with van der Waals surface area (Å²) in [6.45, 7) is -0.365. The molecule has 0 saturated carbocycles. The van der Waals surface area contributed by atoms with Crippen molar-refractivity contribution in [3.05, 3.63) is 39.9 Å². The molecule has 1 aromatic carbocycles. The summed E-state index contributed by atoms with van der Waals surface area (Å²) in [5, 5.41) is 29.5. The van der Waals surface area contributed by atoms with Crippen molar-refractivity contribution in [2.24, 2.45) is 0 Å². The van der Waals surface area contributed by atoms with Crippen LogP contribution in [0, 0.1) is 10.1 Å². The Balaban J connectivity index is 2.19. The van der Waals surface area contributed by atoms with Gasteiger partial charge >= 0.3 is 5.97 Å². The number of hydrogen-bond acceptors (Lipinski definition) is 7. The molecule has 0 unspecified atom stereocenters. The second-order valence-electron chi connectivity index (χ2n) is 5.43. The number of aliphatic hydroxyl groups is 1. The standard InChI is InChI=1S/C13H16N2O7S/c16-12-8-23(21,22)7-11(12)14(6-13(17)18)5-9-1-3-10(4-2-9)15(19)20/h1-4,11-12,16H,5-8H2,(H,17,18)/t11-,12-/m1/s1. The number of carboxylic acid groups (broad SMARTS) is 1. The molecule has 0 bridgehead atoms. The molecule has 0 radical (unpaired) electrons. The maximum absolute atomic E-state index is 11.6. The third-order valence-corrected chi connectivity index (χ3v) is 5.33. The van der Waals surface area contributed by atoms with Gasteiger partial charge in [-0.3, -0.25) is 19.8 Å². The summed E-state index contributed by atoms with van der Waals surface area (Å²) in [6, 6.07) is 4.71. The van der Waals surface area contributed by atoms with E-state index in [1.807, 2.05) is 0 Å². The highest BCUT2D eigenvalue weighted by atomic mass is 32.2. The molecule has 23 heavy (non-hydrogen) atoms. The van der Waals surface area contributed by atoms with Gasteiger partial charge in [-0.2, -0.15) is 0 Å². The molecule has 1 aromatic rings. The van der Waals surface area contributed by atoms with Gasteiger partial charge in [-0.05, 0) is 5.56 Å². The summed E-state index contributed by atoms with van der Waals surface area (Å²) < 4.78 is 23.2. The third kappa shape index (κ3) is 4.47. The van der Waals surface area contributed by atoms with Crippen LogP contribution in [-0.2, 0) is 21.2 Å². The first kappa shape index (κ1) is 17.3. The van der Waals surface area contributed by atoms with Crippen molar-refractivity contribution < 1.29 is 28.3 Å². The Hall–Kier alpha value is -2.04. The van der Waals surface area contributed by atoms with E-state index in [1.165, 1.54) is 29.2 Å². The van der Waals surface area contributed by atoms with Crippen molar-refractivity contribution in [2.45, 2.75) is 18.7 Å². The Morgan fingerprint density at radius 3 is 2.35 bits per heavy atom. The molecule has 9 nitrogen and oxygen atoms in total. The molecule has 126 valence electrons. The Morgan fingerprint density at radius 2 is 1.91 bits per heavy atom. The van der Waals surface area contributed by atoms with Gasteiger partial charge in [-0.15, -0.1) is 0 Å². The van der Waals surface area contributed by atoms with Crippen LogP contribution in [0.3, 0.4) is 0 Å². The number of carboxylic acids is 1. The zero-order valence-electron chi connectivity index (χ0n) is 12.0. The van der Waals surface area contributed by atoms with Crippen LogP contribution < -0.4 is 0 Å². The maximum atomic E-state index is 11.6. The van der Waals surface area contributed by atoms with Crippen LogP contribution in [0.2, 0.25) is 0 Å². The summed E-state index contributed by atoms with van der Waals surface area (Å²) in [7, 11) is -3.41. The first-order valence-electron chi connectivity index (χ1n) is 6.75. The van der Waals surface area contributed by atoms with Crippen LogP contribution in [0.5, 0.6) is 0 Å². The average Bonchev–Trinajstić information content (AvgIpc) is 2.71. The van der Waals surface area contributed by atoms with Gasteiger partial charge in [0, 0.05) is 18.7 Å². The summed E-state index contributed by atoms with van der Waals surface area (Å²) in [4.78, 5) is 22.4. The highest BCUT2D eigenvalue weighted by molar-refractivity contribution is 7.91. The number of carbonyl (C=O) groups is 1. The second kappa shape index (κ2) is 6.60. The molecule has 1 heterocycles. The molecule has 2 rings (SSSR count). The van der Waals surface area contributed by atoms with Crippen molar-refractivity contribution in [1.82, 2.24) is 4.90 Å². The van der Waals surface area contributed by atoms with E-state index in [1.54, 1.807) is 0 Å². The van der Waals surface area contributed by atoms with Crippen molar-refractivity contribution in [3.8, 4) is 0 Å². The number of hydrogen-bond donors (Lipinski definition) is 2. The summed E-state index contributed by atoms with van der Waals surface area (Å²) in [5.41, 5.74) is 0.496. The Labute approximate surface area is 132 Å². The smallest absolute Gasteiger partial charge is 0.317 e. The van der Waals surface area contributed by atoms with Crippen LogP contribution in [0.15, 0.2) is 24.3 Å². The monoisotopic (exact) mass is 344 g/mol. The predicted molar refractivity (Wildman–Crippen MR) is 79.6 cm³/mol. The van der Waals surface area contributed by atoms with Gasteiger partial charge in [0.2, 0.25) is 0 Å². The minimum absolute atomic E-state index is 0.0710. The van der Waals surface area contributed by atoms with Gasteiger partial charge in [0.1, 0.15) is 0 Å². The number of non-ortho nitro benzene ring substituents is 1. The zero-order chi connectivity index (χ0) is 17.2. The number of aliphatic carboxylic acids is 1. The number of sulfone groups is 1. The fourth-order valence-electron chi connectivity index (χ4n) is 2.58. The summed E-state index contributed by atoms with van der Waals surface area (Å²) >= 11 is 0. The Morgan fingerprint density at radius 1 is 1.30 bits per heavy atom. The van der Waals surface area contributed by atoms with E-state index in [-0.39, 0.29) is 18.0 Å². The first-order valence-corrected chi connectivity index (χ1v) is 8.58. The van der Waals surface area contributed by atoms with Crippen molar-refractivity contribution >= 4 is 21.5 Å². The van der Waals surface area contributed by atoms with Crippen molar-refractivity contribution in [3.63, 3.8) is 0 Å². The van der Waals surface area contributed by atoms with Gasteiger partial charge < -0.3 is 10.2 Å². The molecule has 0 spiro atoms. The van der Waals surface area contributed by atoms with Gasteiger partial charge in [-0.1, -0.05) is 12.1 Å². The minimum atomic E-state index is -3.41. The average molecular weight is 344 g/mol. The van der Waals surface area contributed by atoms with Gasteiger partial charge in [0.15, 0.2) is 9.84 Å². The second-order valence-corrected chi connectivity index (χ2v) is 7.59. The Bertz CT molecular complexity index is 702. The summed E-state index contributed by atoms with van der Waals surface area (Å²) in [5.74, 6) is -1.86. The van der Waals surface area contributed by atoms with E-state index in [2.05, 4.69) is 0 Å². The molecule has 1 saturated heterocycles. The minimum Gasteiger partial charge on any atom is -0.480 e. The molecular formula is C13H16N2O7S. The van der Waals surface area contributed by atoms with Gasteiger partial charge in [0.05, 0.1) is 35.1 Å². The molecule has 0 amide bonds. The molecule has 1 fully saturated rings. The topological polar surface area (TPSA) is 138 Å². The third-order valence-electron chi connectivity index (χ3n) is 3.63. The maximum Gasteiger partial charge on any atom is 0.317 e. The van der Waals surface area contributed by atoms with Gasteiger partial charge in [-0.25, -0.2) is 8.42 Å². The molecule has 0 aliphatic carbocycles. The van der Waals surface area contributed by atoms with Crippen LogP contribution in [0.1, 0.15) is 5.56 Å². The largest absolute Gasteiger partial charge is 0.480 e. The van der Waals surface area contributed by atoms with Crippen molar-refractivity contribution in [1.29, 1.82) is 0 Å². The van der Waals surface area contributed by atoms with Crippen molar-refractivity contribution in [2.75, 3.05) is 18.1 Å².